The van der Waals surface area contributed by atoms with Crippen LogP contribution >= 0.6 is 11.8 Å². The Morgan fingerprint density at radius 2 is 1.93 bits per heavy atom. The van der Waals surface area contributed by atoms with Crippen LogP contribution < -0.4 is 10.1 Å². The second-order valence-corrected chi connectivity index (χ2v) is 6.94. The van der Waals surface area contributed by atoms with E-state index in [1.165, 1.54) is 17.8 Å². The number of anilines is 2. The lowest BCUT2D eigenvalue weighted by molar-refractivity contribution is -0.138. The van der Waals surface area contributed by atoms with Crippen molar-refractivity contribution in [2.75, 3.05) is 18.7 Å². The molecule has 3 rings (SSSR count). The molecule has 2 aromatic carbocycles. The van der Waals surface area contributed by atoms with Gasteiger partial charge < -0.3 is 10.1 Å². The van der Waals surface area contributed by atoms with Gasteiger partial charge in [-0.1, -0.05) is 6.07 Å². The van der Waals surface area contributed by atoms with Crippen LogP contribution in [0.2, 0.25) is 0 Å². The number of nitrogens with zero attached hydrogens (tertiary/aromatic N) is 1. The number of nitrogens with one attached hydrogen (secondary N) is 1. The highest BCUT2D eigenvalue weighted by Gasteiger charge is 2.33. The molecule has 0 fully saturated rings. The Labute approximate surface area is 159 Å². The van der Waals surface area contributed by atoms with Crippen LogP contribution in [0.1, 0.15) is 16.8 Å². The van der Waals surface area contributed by atoms with Gasteiger partial charge in [0, 0.05) is 22.5 Å². The Morgan fingerprint density at radius 3 is 2.59 bits per heavy atom. The van der Waals surface area contributed by atoms with Gasteiger partial charge in [0.15, 0.2) is 0 Å². The molecular formula is C20H19F3N2OS. The number of thioether (sulfide) groups is 1. The molecule has 0 bridgehead atoms. The first-order valence-electron chi connectivity index (χ1n) is 8.24. The fourth-order valence-electron chi connectivity index (χ4n) is 2.97. The van der Waals surface area contributed by atoms with Crippen molar-refractivity contribution in [3.05, 3.63) is 59.3 Å². The third-order valence-corrected chi connectivity index (χ3v) is 4.81. The fraction of sp³-hybridized carbons (Fsp3) is 0.250. The maximum Gasteiger partial charge on any atom is 0.416 e. The molecule has 0 saturated carbocycles. The summed E-state index contributed by atoms with van der Waals surface area (Å²) in [6.45, 7) is 1.86. The zero-order valence-electron chi connectivity index (χ0n) is 15.1. The second-order valence-electron chi connectivity index (χ2n) is 6.08. The third-order valence-electron chi connectivity index (χ3n) is 4.21. The zero-order valence-corrected chi connectivity index (χ0v) is 16.0. The second kappa shape index (κ2) is 7.68. The van der Waals surface area contributed by atoms with E-state index in [0.29, 0.717) is 11.4 Å². The van der Waals surface area contributed by atoms with Crippen molar-refractivity contribution in [2.45, 2.75) is 18.9 Å². The molecule has 0 amide bonds. The molecule has 0 spiro atoms. The van der Waals surface area contributed by atoms with E-state index in [2.05, 4.69) is 10.3 Å². The number of benzene rings is 2. The van der Waals surface area contributed by atoms with Crippen molar-refractivity contribution in [3.8, 4) is 5.75 Å². The number of fused-ring (bicyclic) bond motifs is 1. The van der Waals surface area contributed by atoms with Gasteiger partial charge in [0.05, 0.1) is 23.9 Å². The lowest BCUT2D eigenvalue weighted by Gasteiger charge is -2.16. The average molecular weight is 392 g/mol. The molecule has 0 saturated heterocycles. The molecule has 0 unspecified atom stereocenters. The summed E-state index contributed by atoms with van der Waals surface area (Å²) in [5.41, 5.74) is 2.58. The summed E-state index contributed by atoms with van der Waals surface area (Å²) in [5.74, 6) is 0.946. The van der Waals surface area contributed by atoms with Gasteiger partial charge in [0.1, 0.15) is 5.75 Å². The number of aryl methyl sites for hydroxylation is 1. The van der Waals surface area contributed by atoms with Crippen molar-refractivity contribution >= 4 is 34.0 Å². The normalized spacial score (nSPS) is 11.6. The van der Waals surface area contributed by atoms with Gasteiger partial charge in [-0.3, -0.25) is 0 Å². The number of alkyl halides is 3. The molecule has 3 nitrogen and oxygen atoms in total. The van der Waals surface area contributed by atoms with Gasteiger partial charge in [0.25, 0.3) is 0 Å². The number of ether oxygens (including phenoxy) is 1. The summed E-state index contributed by atoms with van der Waals surface area (Å²) < 4.78 is 45.0. The number of hydrogen-bond donors (Lipinski definition) is 1. The van der Waals surface area contributed by atoms with Crippen molar-refractivity contribution in [3.63, 3.8) is 0 Å². The van der Waals surface area contributed by atoms with Crippen molar-refractivity contribution in [1.82, 2.24) is 4.98 Å². The molecule has 1 heterocycles. The lowest BCUT2D eigenvalue weighted by Crippen LogP contribution is -2.09. The molecule has 0 atom stereocenters. The first-order valence-corrected chi connectivity index (χ1v) is 9.63. The zero-order chi connectivity index (χ0) is 19.6. The molecule has 0 aliphatic heterocycles. The largest absolute Gasteiger partial charge is 0.495 e. The Hall–Kier alpha value is -2.41. The molecule has 142 valence electrons. The van der Waals surface area contributed by atoms with Crippen molar-refractivity contribution in [2.24, 2.45) is 0 Å². The summed E-state index contributed by atoms with van der Waals surface area (Å²) in [4.78, 5) is 4.53. The molecule has 3 aromatic rings. The highest BCUT2D eigenvalue weighted by Crippen LogP contribution is 2.36. The van der Waals surface area contributed by atoms with Gasteiger partial charge >= 0.3 is 6.18 Å². The molecule has 0 aliphatic carbocycles. The Balaban J connectivity index is 2.03. The Kier molecular flexibility index (Phi) is 5.51. The maximum absolute atomic E-state index is 13.2. The minimum Gasteiger partial charge on any atom is -0.495 e. The van der Waals surface area contributed by atoms with Gasteiger partial charge in [-0.2, -0.15) is 24.9 Å². The third kappa shape index (κ3) is 4.13. The highest BCUT2D eigenvalue weighted by atomic mass is 32.2. The summed E-state index contributed by atoms with van der Waals surface area (Å²) in [6.07, 6.45) is -2.58. The number of methoxy groups -OCH3 is 1. The molecule has 0 aliphatic rings. The smallest absolute Gasteiger partial charge is 0.416 e. The summed E-state index contributed by atoms with van der Waals surface area (Å²) in [6, 6.07) is 11.6. The number of aromatic nitrogens is 1. The number of pyridine rings is 1. The standard InChI is InChI=1S/C20H19F3N2OS/c1-12-19(26-2)10-15-17(24-12)5-4-6-18(15)25-14-7-8-16(20(21,22)23)13(9-14)11-27-3/h4-10,25H,11H2,1-3H3. The summed E-state index contributed by atoms with van der Waals surface area (Å²) in [7, 11) is 1.58. The van der Waals surface area contributed by atoms with Crippen LogP contribution in [0.4, 0.5) is 24.5 Å². The number of hydrogen-bond acceptors (Lipinski definition) is 4. The maximum atomic E-state index is 13.2. The highest BCUT2D eigenvalue weighted by molar-refractivity contribution is 7.97. The van der Waals surface area contributed by atoms with E-state index in [1.54, 1.807) is 19.4 Å². The predicted octanol–water partition coefficient (Wildman–Crippen LogP) is 6.18. The Bertz CT molecular complexity index is 973. The minimum atomic E-state index is -4.36. The van der Waals surface area contributed by atoms with E-state index in [0.717, 1.165) is 28.4 Å². The number of halogens is 3. The van der Waals surface area contributed by atoms with E-state index in [9.17, 15) is 13.2 Å². The van der Waals surface area contributed by atoms with Gasteiger partial charge in [-0.15, -0.1) is 0 Å². The van der Waals surface area contributed by atoms with E-state index in [4.69, 9.17) is 4.74 Å². The van der Waals surface area contributed by atoms with Crippen LogP contribution in [0.5, 0.6) is 5.75 Å². The van der Waals surface area contributed by atoms with Crippen molar-refractivity contribution < 1.29 is 17.9 Å². The van der Waals surface area contributed by atoms with Crippen LogP contribution in [0.3, 0.4) is 0 Å². The topological polar surface area (TPSA) is 34.1 Å². The summed E-state index contributed by atoms with van der Waals surface area (Å²) >= 11 is 1.35. The SMILES string of the molecule is COc1cc2c(Nc3ccc(C(F)(F)F)c(CSC)c3)cccc2nc1C. The quantitative estimate of drug-likeness (QED) is 0.562. The lowest BCUT2D eigenvalue weighted by atomic mass is 10.1. The molecule has 7 heteroatoms. The van der Waals surface area contributed by atoms with E-state index >= 15 is 0 Å². The monoisotopic (exact) mass is 392 g/mol. The average Bonchev–Trinajstić information content (AvgIpc) is 2.61. The van der Waals surface area contributed by atoms with Crippen LogP contribution in [0.25, 0.3) is 10.9 Å². The van der Waals surface area contributed by atoms with E-state index < -0.39 is 11.7 Å². The van der Waals surface area contributed by atoms with E-state index in [-0.39, 0.29) is 11.3 Å². The van der Waals surface area contributed by atoms with Gasteiger partial charge in [-0.25, -0.2) is 4.98 Å². The van der Waals surface area contributed by atoms with Gasteiger partial charge in [0.2, 0.25) is 0 Å². The van der Waals surface area contributed by atoms with Crippen LogP contribution in [-0.4, -0.2) is 18.3 Å². The van der Waals surface area contributed by atoms with Gasteiger partial charge in [-0.05, 0) is 55.1 Å². The van der Waals surface area contributed by atoms with Crippen LogP contribution in [-0.2, 0) is 11.9 Å². The van der Waals surface area contributed by atoms with Crippen LogP contribution in [0.15, 0.2) is 42.5 Å². The van der Waals surface area contributed by atoms with Crippen LogP contribution in [0, 0.1) is 6.92 Å². The van der Waals surface area contributed by atoms with Crippen molar-refractivity contribution in [1.29, 1.82) is 0 Å². The first kappa shape index (κ1) is 19.4. The molecule has 0 radical (unpaired) electrons. The Morgan fingerprint density at radius 1 is 1.15 bits per heavy atom. The molecular weight excluding hydrogens is 373 g/mol. The number of rotatable bonds is 5. The van der Waals surface area contributed by atoms with E-state index in [1.807, 2.05) is 31.2 Å². The fourth-order valence-corrected chi connectivity index (χ4v) is 3.52. The summed E-state index contributed by atoms with van der Waals surface area (Å²) in [5, 5.41) is 4.06. The molecule has 27 heavy (non-hydrogen) atoms. The molecule has 1 N–H and O–H groups in total. The molecule has 1 aromatic heterocycles. The predicted molar refractivity (Wildman–Crippen MR) is 105 cm³/mol. The first-order chi connectivity index (χ1) is 12.8. The minimum absolute atomic E-state index is 0.256.